The summed E-state index contributed by atoms with van der Waals surface area (Å²) in [5.41, 5.74) is 9.66. The molecule has 0 heterocycles. The number of hydrogen-bond donors (Lipinski definition) is 0. The molecular formula is C14H17ClN2O. The highest BCUT2D eigenvalue weighted by molar-refractivity contribution is 6.44. The predicted octanol–water partition coefficient (Wildman–Crippen LogP) is 3.75. The molecular weight excluding hydrogens is 248 g/mol. The Hall–Kier alpha value is -1.44. The molecule has 18 heavy (non-hydrogen) atoms. The van der Waals surface area contributed by atoms with E-state index in [1.807, 2.05) is 0 Å². The lowest BCUT2D eigenvalue weighted by molar-refractivity contribution is -0.117. The van der Waals surface area contributed by atoms with Gasteiger partial charge in [0.15, 0.2) is 0 Å². The molecule has 0 aliphatic carbocycles. The SMILES string of the molecule is CC(C)CCCC(=O)C(=[N+]=[N-])c1ccc(Cl)cc1. The van der Waals surface area contributed by atoms with Crippen LogP contribution in [0.5, 0.6) is 0 Å². The summed E-state index contributed by atoms with van der Waals surface area (Å²) in [5.74, 6) is 0.434. The van der Waals surface area contributed by atoms with Crippen LogP contribution < -0.4 is 0 Å². The molecule has 0 radical (unpaired) electrons. The molecule has 0 aromatic heterocycles. The Labute approximate surface area is 112 Å². The van der Waals surface area contributed by atoms with Gasteiger partial charge in [-0.2, -0.15) is 4.79 Å². The molecule has 0 amide bonds. The average Bonchev–Trinajstić information content (AvgIpc) is 2.32. The molecule has 3 nitrogen and oxygen atoms in total. The Kier molecular flexibility index (Phi) is 5.76. The molecule has 0 saturated heterocycles. The molecule has 0 aliphatic rings. The van der Waals surface area contributed by atoms with Gasteiger partial charge in [0.1, 0.15) is 0 Å². The van der Waals surface area contributed by atoms with Crippen LogP contribution in [0.2, 0.25) is 5.02 Å². The van der Waals surface area contributed by atoms with E-state index in [9.17, 15) is 4.79 Å². The summed E-state index contributed by atoms with van der Waals surface area (Å²) in [6.45, 7) is 4.23. The van der Waals surface area contributed by atoms with Crippen molar-refractivity contribution in [2.24, 2.45) is 5.92 Å². The van der Waals surface area contributed by atoms with Gasteiger partial charge in [0.2, 0.25) is 5.78 Å². The van der Waals surface area contributed by atoms with E-state index in [2.05, 4.69) is 18.6 Å². The molecule has 0 fully saturated rings. The molecule has 0 aliphatic heterocycles. The number of hydrogen-bond acceptors (Lipinski definition) is 1. The first-order chi connectivity index (χ1) is 8.54. The summed E-state index contributed by atoms with van der Waals surface area (Å²) < 4.78 is 0. The number of ketones is 1. The van der Waals surface area contributed by atoms with E-state index in [0.717, 1.165) is 12.8 Å². The van der Waals surface area contributed by atoms with Gasteiger partial charge >= 0.3 is 5.71 Å². The van der Waals surface area contributed by atoms with Gasteiger partial charge < -0.3 is 5.53 Å². The molecule has 0 atom stereocenters. The normalized spacial score (nSPS) is 10.2. The van der Waals surface area contributed by atoms with E-state index in [-0.39, 0.29) is 11.5 Å². The van der Waals surface area contributed by atoms with E-state index in [4.69, 9.17) is 17.1 Å². The van der Waals surface area contributed by atoms with E-state index in [0.29, 0.717) is 22.9 Å². The summed E-state index contributed by atoms with van der Waals surface area (Å²) in [7, 11) is 0. The maximum atomic E-state index is 11.9. The van der Waals surface area contributed by atoms with Crippen molar-refractivity contribution in [2.75, 3.05) is 0 Å². The highest BCUT2D eigenvalue weighted by Gasteiger charge is 2.21. The molecule has 1 rings (SSSR count). The lowest BCUT2D eigenvalue weighted by Crippen LogP contribution is -2.16. The second kappa shape index (κ2) is 7.10. The van der Waals surface area contributed by atoms with Gasteiger partial charge in [-0.3, -0.25) is 4.79 Å². The van der Waals surface area contributed by atoms with Crippen molar-refractivity contribution in [3.63, 3.8) is 0 Å². The number of carbonyl (C=O) groups is 1. The summed E-state index contributed by atoms with van der Waals surface area (Å²) >= 11 is 5.77. The van der Waals surface area contributed by atoms with Gasteiger partial charge in [0, 0.05) is 11.4 Å². The molecule has 0 N–H and O–H groups in total. The van der Waals surface area contributed by atoms with E-state index in [1.165, 1.54) is 0 Å². The monoisotopic (exact) mass is 264 g/mol. The molecule has 0 unspecified atom stereocenters. The standard InChI is InChI=1S/C14H17ClN2O/c1-10(2)4-3-5-13(18)14(17-16)11-6-8-12(15)9-7-11/h6-10H,3-5H2,1-2H3. The van der Waals surface area contributed by atoms with Gasteiger partial charge in [-0.1, -0.05) is 31.9 Å². The second-order valence-electron chi connectivity index (χ2n) is 4.66. The first kappa shape index (κ1) is 14.6. The number of rotatable bonds is 6. The summed E-state index contributed by atoms with van der Waals surface area (Å²) in [6, 6.07) is 6.70. The highest BCUT2D eigenvalue weighted by atomic mass is 35.5. The number of benzene rings is 1. The Balaban J connectivity index is 2.70. The van der Waals surface area contributed by atoms with Gasteiger partial charge in [-0.15, -0.1) is 0 Å². The predicted molar refractivity (Wildman–Crippen MR) is 72.9 cm³/mol. The lowest BCUT2D eigenvalue weighted by atomic mass is 10.00. The van der Waals surface area contributed by atoms with Crippen molar-refractivity contribution in [3.8, 4) is 0 Å². The van der Waals surface area contributed by atoms with Crippen molar-refractivity contribution in [1.82, 2.24) is 0 Å². The largest absolute Gasteiger partial charge is 0.364 e. The van der Waals surface area contributed by atoms with Crippen LogP contribution in [0.1, 0.15) is 38.7 Å². The van der Waals surface area contributed by atoms with Gasteiger partial charge in [0.25, 0.3) is 0 Å². The number of Topliss-reactive ketones (excluding diaryl/α,β-unsaturated/α-hetero) is 1. The fraction of sp³-hybridized carbons (Fsp3) is 0.429. The van der Waals surface area contributed by atoms with Gasteiger partial charge in [-0.25, -0.2) is 0 Å². The van der Waals surface area contributed by atoms with E-state index in [1.54, 1.807) is 24.3 Å². The third-order valence-corrected chi connectivity index (χ3v) is 2.92. The summed E-state index contributed by atoms with van der Waals surface area (Å²) in [5, 5.41) is 0.586. The zero-order valence-electron chi connectivity index (χ0n) is 10.7. The van der Waals surface area contributed by atoms with Crippen LogP contribution in [0.25, 0.3) is 5.53 Å². The third kappa shape index (κ3) is 4.44. The average molecular weight is 265 g/mol. The minimum Gasteiger partial charge on any atom is -0.361 e. The topological polar surface area (TPSA) is 53.5 Å². The number of nitrogens with zero attached hydrogens (tertiary/aromatic N) is 2. The van der Waals surface area contributed by atoms with Crippen molar-refractivity contribution in [2.45, 2.75) is 33.1 Å². The smallest absolute Gasteiger partial charge is 0.361 e. The summed E-state index contributed by atoms with van der Waals surface area (Å²) in [6.07, 6.45) is 2.20. The molecule has 0 saturated carbocycles. The van der Waals surface area contributed by atoms with Crippen molar-refractivity contribution >= 4 is 23.1 Å². The van der Waals surface area contributed by atoms with Gasteiger partial charge in [-0.05, 0) is 36.6 Å². The van der Waals surface area contributed by atoms with Crippen molar-refractivity contribution in [1.29, 1.82) is 0 Å². The number of halogens is 1. The Bertz CT molecular complexity index is 459. The van der Waals surface area contributed by atoms with Gasteiger partial charge in [0.05, 0.1) is 5.56 Å². The lowest BCUT2D eigenvalue weighted by Gasteiger charge is -2.02. The van der Waals surface area contributed by atoms with Crippen LogP contribution in [-0.2, 0) is 4.79 Å². The summed E-state index contributed by atoms with van der Waals surface area (Å²) in [4.78, 5) is 15.0. The van der Waals surface area contributed by atoms with Crippen LogP contribution in [0, 0.1) is 5.92 Å². The Morgan fingerprint density at radius 1 is 1.33 bits per heavy atom. The molecule has 4 heteroatoms. The van der Waals surface area contributed by atoms with Crippen LogP contribution >= 0.6 is 11.6 Å². The number of carbonyl (C=O) groups excluding carboxylic acids is 1. The molecule has 1 aromatic rings. The first-order valence-corrected chi connectivity index (χ1v) is 6.43. The zero-order valence-corrected chi connectivity index (χ0v) is 11.4. The van der Waals surface area contributed by atoms with Crippen molar-refractivity contribution < 1.29 is 9.58 Å². The highest BCUT2D eigenvalue weighted by Crippen LogP contribution is 2.12. The van der Waals surface area contributed by atoms with Crippen LogP contribution in [0.3, 0.4) is 0 Å². The quantitative estimate of drug-likeness (QED) is 0.438. The molecule has 0 spiro atoms. The minimum absolute atomic E-state index is 0.107. The second-order valence-corrected chi connectivity index (χ2v) is 5.10. The van der Waals surface area contributed by atoms with Crippen LogP contribution in [0.4, 0.5) is 0 Å². The van der Waals surface area contributed by atoms with E-state index >= 15 is 0 Å². The van der Waals surface area contributed by atoms with Crippen molar-refractivity contribution in [3.05, 3.63) is 40.4 Å². The molecule has 1 aromatic carbocycles. The maximum Gasteiger partial charge on any atom is 0.364 e. The first-order valence-electron chi connectivity index (χ1n) is 6.05. The van der Waals surface area contributed by atoms with E-state index < -0.39 is 0 Å². The fourth-order valence-corrected chi connectivity index (χ4v) is 1.80. The minimum atomic E-state index is -0.138. The Morgan fingerprint density at radius 3 is 2.44 bits per heavy atom. The maximum absolute atomic E-state index is 11.9. The van der Waals surface area contributed by atoms with Crippen LogP contribution in [-0.4, -0.2) is 16.3 Å². The third-order valence-electron chi connectivity index (χ3n) is 2.67. The van der Waals surface area contributed by atoms with Crippen LogP contribution in [0.15, 0.2) is 24.3 Å². The molecule has 96 valence electrons. The fourth-order valence-electron chi connectivity index (χ4n) is 1.67. The Morgan fingerprint density at radius 2 is 1.94 bits per heavy atom. The molecule has 0 bridgehead atoms. The zero-order chi connectivity index (χ0) is 13.5.